The number of thiazole rings is 1. The van der Waals surface area contributed by atoms with Crippen LogP contribution in [0.25, 0.3) is 0 Å². The third-order valence-electron chi connectivity index (χ3n) is 3.05. The summed E-state index contributed by atoms with van der Waals surface area (Å²) in [4.78, 5) is 30.7. The van der Waals surface area contributed by atoms with Gasteiger partial charge in [0.15, 0.2) is 0 Å². The molecule has 1 unspecified atom stereocenters. The van der Waals surface area contributed by atoms with Gasteiger partial charge in [-0.1, -0.05) is 0 Å². The minimum absolute atomic E-state index is 0.0683. The molecule has 0 aliphatic rings. The highest BCUT2D eigenvalue weighted by Gasteiger charge is 2.31. The number of carbonyl (C=O) groups is 2. The Morgan fingerprint density at radius 1 is 1.33 bits per heavy atom. The fourth-order valence-electron chi connectivity index (χ4n) is 1.83. The van der Waals surface area contributed by atoms with Crippen molar-refractivity contribution in [3.63, 3.8) is 0 Å². The van der Waals surface area contributed by atoms with E-state index < -0.39 is 29.7 Å². The van der Waals surface area contributed by atoms with E-state index in [1.54, 1.807) is 6.92 Å². The highest BCUT2D eigenvalue weighted by molar-refractivity contribution is 7.13. The molecule has 0 saturated carbocycles. The maximum absolute atomic E-state index is 12.5. The lowest BCUT2D eigenvalue weighted by Crippen LogP contribution is -2.27. The number of rotatable bonds is 4. The van der Waals surface area contributed by atoms with E-state index in [1.807, 2.05) is 0 Å². The average Bonchev–Trinajstić information content (AvgIpc) is 2.88. The molecule has 0 spiro atoms. The first-order valence-corrected chi connectivity index (χ1v) is 7.46. The summed E-state index contributed by atoms with van der Waals surface area (Å²) in [5, 5.41) is 11.9. The summed E-state index contributed by atoms with van der Waals surface area (Å²) in [5.74, 6) is -1.79. The molecule has 2 aromatic heterocycles. The lowest BCUT2D eigenvalue weighted by Gasteiger charge is -2.11. The summed E-state index contributed by atoms with van der Waals surface area (Å²) in [6.07, 6.45) is -3.95. The van der Waals surface area contributed by atoms with Crippen LogP contribution < -0.4 is 5.32 Å². The Morgan fingerprint density at radius 2 is 2.00 bits per heavy atom. The molecular weight excluding hydrogens is 347 g/mol. The van der Waals surface area contributed by atoms with Crippen molar-refractivity contribution in [2.24, 2.45) is 0 Å². The van der Waals surface area contributed by atoms with Gasteiger partial charge in [0.2, 0.25) is 0 Å². The zero-order chi connectivity index (χ0) is 18.1. The Hall–Kier alpha value is -2.49. The molecule has 10 heteroatoms. The topological polar surface area (TPSA) is 92.2 Å². The molecule has 0 aromatic carbocycles. The van der Waals surface area contributed by atoms with Crippen LogP contribution in [-0.4, -0.2) is 27.0 Å². The van der Waals surface area contributed by atoms with Crippen molar-refractivity contribution in [2.75, 3.05) is 0 Å². The average molecular weight is 359 g/mol. The summed E-state index contributed by atoms with van der Waals surface area (Å²) in [6, 6.07) is 1.13. The summed E-state index contributed by atoms with van der Waals surface area (Å²) in [6.45, 7) is 3.13. The van der Waals surface area contributed by atoms with Gasteiger partial charge < -0.3 is 10.4 Å². The lowest BCUT2D eigenvalue weighted by atomic mass is 10.2. The molecule has 0 fully saturated rings. The van der Waals surface area contributed by atoms with Gasteiger partial charge in [-0.25, -0.2) is 9.78 Å². The number of alkyl halides is 3. The lowest BCUT2D eigenvalue weighted by molar-refractivity contribution is -0.137. The van der Waals surface area contributed by atoms with Crippen molar-refractivity contribution in [2.45, 2.75) is 26.1 Å². The molecule has 1 amide bonds. The van der Waals surface area contributed by atoms with Crippen LogP contribution in [0.5, 0.6) is 0 Å². The normalized spacial score (nSPS) is 12.7. The van der Waals surface area contributed by atoms with Gasteiger partial charge in [-0.2, -0.15) is 13.2 Å². The number of carboxylic acid groups (broad SMARTS) is 1. The summed E-state index contributed by atoms with van der Waals surface area (Å²) < 4.78 is 37.4. The zero-order valence-electron chi connectivity index (χ0n) is 12.5. The van der Waals surface area contributed by atoms with E-state index in [4.69, 9.17) is 5.11 Å². The second kappa shape index (κ2) is 6.56. The molecule has 0 saturated heterocycles. The number of carboxylic acids is 1. The second-order valence-corrected chi connectivity index (χ2v) is 5.93. The van der Waals surface area contributed by atoms with Crippen molar-refractivity contribution in [3.05, 3.63) is 45.2 Å². The van der Waals surface area contributed by atoms with Gasteiger partial charge in [0, 0.05) is 6.20 Å². The molecule has 1 atom stereocenters. The number of aromatic carboxylic acids is 1. The molecule has 6 nitrogen and oxygen atoms in total. The molecule has 0 aliphatic carbocycles. The number of nitrogens with one attached hydrogen (secondary N) is 1. The van der Waals surface area contributed by atoms with Crippen molar-refractivity contribution in [3.8, 4) is 0 Å². The predicted molar refractivity (Wildman–Crippen MR) is 78.9 cm³/mol. The second-order valence-electron chi connectivity index (χ2n) is 4.90. The molecule has 24 heavy (non-hydrogen) atoms. The zero-order valence-corrected chi connectivity index (χ0v) is 13.3. The third kappa shape index (κ3) is 3.88. The van der Waals surface area contributed by atoms with Crippen LogP contribution in [0.3, 0.4) is 0 Å². The van der Waals surface area contributed by atoms with Crippen molar-refractivity contribution in [1.29, 1.82) is 0 Å². The van der Waals surface area contributed by atoms with E-state index in [-0.39, 0.29) is 10.6 Å². The number of halogens is 3. The van der Waals surface area contributed by atoms with Gasteiger partial charge in [0.05, 0.1) is 17.3 Å². The first-order valence-electron chi connectivity index (χ1n) is 6.64. The number of nitrogens with zero attached hydrogens (tertiary/aromatic N) is 2. The van der Waals surface area contributed by atoms with Gasteiger partial charge in [-0.3, -0.25) is 9.78 Å². The summed E-state index contributed by atoms with van der Waals surface area (Å²) in [5.41, 5.74) is -0.799. The highest BCUT2D eigenvalue weighted by Crippen LogP contribution is 2.28. The number of amides is 1. The van der Waals surface area contributed by atoms with Gasteiger partial charge in [0.25, 0.3) is 5.91 Å². The van der Waals surface area contributed by atoms with E-state index in [2.05, 4.69) is 15.3 Å². The Bertz CT molecular complexity index is 772. The fourth-order valence-corrected chi connectivity index (χ4v) is 2.74. The van der Waals surface area contributed by atoms with Crippen LogP contribution in [-0.2, 0) is 6.18 Å². The summed E-state index contributed by atoms with van der Waals surface area (Å²) in [7, 11) is 0. The fraction of sp³-hybridized carbons (Fsp3) is 0.286. The maximum Gasteiger partial charge on any atom is 0.417 e. The van der Waals surface area contributed by atoms with Crippen LogP contribution >= 0.6 is 11.3 Å². The van der Waals surface area contributed by atoms with E-state index in [0.29, 0.717) is 16.9 Å². The van der Waals surface area contributed by atoms with Crippen LogP contribution in [0.1, 0.15) is 49.4 Å². The molecule has 2 heterocycles. The Kier molecular flexibility index (Phi) is 4.88. The summed E-state index contributed by atoms with van der Waals surface area (Å²) >= 11 is 0.924. The van der Waals surface area contributed by atoms with Crippen molar-refractivity contribution in [1.82, 2.24) is 15.3 Å². The SMILES string of the molecule is Cc1nc(C(C)NC(=O)c2ccc(C(F)(F)F)cn2)sc1C(=O)O. The first kappa shape index (κ1) is 17.9. The molecule has 0 bridgehead atoms. The number of pyridine rings is 1. The van der Waals surface area contributed by atoms with E-state index >= 15 is 0 Å². The number of aromatic nitrogens is 2. The van der Waals surface area contributed by atoms with Crippen LogP contribution in [0.2, 0.25) is 0 Å². The standard InChI is InChI=1S/C14H12F3N3O3S/c1-6-10(13(22)23)24-12(20-6)7(2)19-11(21)9-4-3-8(5-18-9)14(15,16)17/h3-5,7H,1-2H3,(H,19,21)(H,22,23). The van der Waals surface area contributed by atoms with Gasteiger partial charge >= 0.3 is 12.1 Å². The minimum Gasteiger partial charge on any atom is -0.477 e. The molecule has 0 aliphatic heterocycles. The largest absolute Gasteiger partial charge is 0.477 e. The third-order valence-corrected chi connectivity index (χ3v) is 4.38. The van der Waals surface area contributed by atoms with Crippen molar-refractivity contribution < 1.29 is 27.9 Å². The quantitative estimate of drug-likeness (QED) is 0.875. The van der Waals surface area contributed by atoms with Crippen LogP contribution in [0.15, 0.2) is 18.3 Å². The smallest absolute Gasteiger partial charge is 0.417 e. The number of aryl methyl sites for hydroxylation is 1. The minimum atomic E-state index is -4.53. The van der Waals surface area contributed by atoms with Crippen LogP contribution in [0.4, 0.5) is 13.2 Å². The molecule has 128 valence electrons. The maximum atomic E-state index is 12.5. The molecular formula is C14H12F3N3O3S. The van der Waals surface area contributed by atoms with Crippen molar-refractivity contribution >= 4 is 23.2 Å². The first-order chi connectivity index (χ1) is 11.1. The molecule has 2 rings (SSSR count). The van der Waals surface area contributed by atoms with E-state index in [9.17, 15) is 22.8 Å². The van der Waals surface area contributed by atoms with Gasteiger partial charge in [0.1, 0.15) is 15.6 Å². The Labute approximate surface area is 138 Å². The highest BCUT2D eigenvalue weighted by atomic mass is 32.1. The van der Waals surface area contributed by atoms with Gasteiger partial charge in [-0.15, -0.1) is 11.3 Å². The van der Waals surface area contributed by atoms with Gasteiger partial charge in [-0.05, 0) is 26.0 Å². The number of carbonyl (C=O) groups excluding carboxylic acids is 1. The molecule has 0 radical (unpaired) electrons. The van der Waals surface area contributed by atoms with Crippen LogP contribution in [0, 0.1) is 6.92 Å². The number of hydrogen-bond donors (Lipinski definition) is 2. The van der Waals surface area contributed by atoms with E-state index in [1.165, 1.54) is 6.92 Å². The molecule has 2 aromatic rings. The molecule has 2 N–H and O–H groups in total. The Balaban J connectivity index is 2.11. The van der Waals surface area contributed by atoms with E-state index in [0.717, 1.165) is 23.5 Å². The number of hydrogen-bond acceptors (Lipinski definition) is 5. The Morgan fingerprint density at radius 3 is 2.46 bits per heavy atom. The monoisotopic (exact) mass is 359 g/mol. The predicted octanol–water partition coefficient (Wildman–Crippen LogP) is 3.05.